The third-order valence-electron chi connectivity index (χ3n) is 4.01. The lowest BCUT2D eigenvalue weighted by molar-refractivity contribution is -0.121. The number of amides is 1. The molecule has 0 saturated heterocycles. The first kappa shape index (κ1) is 16.5. The molecule has 2 heterocycles. The van der Waals surface area contributed by atoms with Crippen LogP contribution in [0.15, 0.2) is 46.6 Å². The highest BCUT2D eigenvalue weighted by Gasteiger charge is 2.04. The summed E-state index contributed by atoms with van der Waals surface area (Å²) in [7, 11) is 0. The number of hydrogen-bond donors (Lipinski definition) is 2. The van der Waals surface area contributed by atoms with Gasteiger partial charge in [-0.05, 0) is 60.4 Å². The Morgan fingerprint density at radius 3 is 2.88 bits per heavy atom. The fourth-order valence-corrected chi connectivity index (χ4v) is 3.36. The Balaban J connectivity index is 1.52. The number of rotatable bonds is 6. The Hall–Kier alpha value is -2.40. The number of carbonyl (C=O) groups excluding carboxylic acids is 1. The number of fused-ring (bicyclic) bond motifs is 1. The number of hydrogen-bond acceptors (Lipinski definition) is 3. The first-order valence-corrected chi connectivity index (χ1v) is 8.91. The zero-order valence-electron chi connectivity index (χ0n) is 13.6. The molecule has 5 heteroatoms. The molecule has 124 valence electrons. The summed E-state index contributed by atoms with van der Waals surface area (Å²) in [6, 6.07) is 11.9. The van der Waals surface area contributed by atoms with Crippen molar-refractivity contribution in [3.8, 4) is 0 Å². The molecule has 0 saturated carbocycles. The molecule has 0 aliphatic heterocycles. The van der Waals surface area contributed by atoms with Crippen molar-refractivity contribution < 1.29 is 4.79 Å². The second-order valence-electron chi connectivity index (χ2n) is 5.88. The van der Waals surface area contributed by atoms with E-state index in [0.717, 1.165) is 29.3 Å². The Kier molecular flexibility index (Phi) is 5.11. The summed E-state index contributed by atoms with van der Waals surface area (Å²) in [5.74, 6) is 0.0874. The quantitative estimate of drug-likeness (QED) is 0.724. The predicted octanol–water partition coefficient (Wildman–Crippen LogP) is 3.19. The molecule has 3 rings (SSSR count). The largest absolute Gasteiger partial charge is 0.356 e. The van der Waals surface area contributed by atoms with Gasteiger partial charge in [0.1, 0.15) is 0 Å². The summed E-state index contributed by atoms with van der Waals surface area (Å²) in [6.07, 6.45) is 2.10. The maximum absolute atomic E-state index is 11.9. The van der Waals surface area contributed by atoms with Gasteiger partial charge in [-0.15, -0.1) is 11.3 Å². The summed E-state index contributed by atoms with van der Waals surface area (Å²) in [5.41, 5.74) is 2.65. The van der Waals surface area contributed by atoms with Crippen molar-refractivity contribution in [3.05, 3.63) is 68.1 Å². The van der Waals surface area contributed by atoms with Crippen LogP contribution in [0.5, 0.6) is 0 Å². The van der Waals surface area contributed by atoms with Gasteiger partial charge in [0, 0.05) is 28.9 Å². The van der Waals surface area contributed by atoms with E-state index >= 15 is 0 Å². The number of pyridine rings is 1. The van der Waals surface area contributed by atoms with Gasteiger partial charge in [0.2, 0.25) is 5.91 Å². The maximum Gasteiger partial charge on any atom is 0.251 e. The second-order valence-corrected chi connectivity index (χ2v) is 6.91. The third-order valence-corrected chi connectivity index (χ3v) is 4.94. The van der Waals surface area contributed by atoms with Gasteiger partial charge in [0.25, 0.3) is 5.56 Å². The van der Waals surface area contributed by atoms with Crippen molar-refractivity contribution in [2.75, 3.05) is 6.54 Å². The molecule has 2 N–H and O–H groups in total. The van der Waals surface area contributed by atoms with Gasteiger partial charge >= 0.3 is 0 Å². The van der Waals surface area contributed by atoms with Crippen molar-refractivity contribution in [2.45, 2.75) is 26.2 Å². The Labute approximate surface area is 144 Å². The van der Waals surface area contributed by atoms with Crippen molar-refractivity contribution in [2.24, 2.45) is 0 Å². The minimum Gasteiger partial charge on any atom is -0.356 e. The Bertz CT molecular complexity index is 897. The zero-order valence-corrected chi connectivity index (χ0v) is 14.4. The van der Waals surface area contributed by atoms with Gasteiger partial charge in [-0.2, -0.15) is 0 Å². The van der Waals surface area contributed by atoms with Gasteiger partial charge in [-0.1, -0.05) is 12.1 Å². The van der Waals surface area contributed by atoms with Gasteiger partial charge in [0.15, 0.2) is 0 Å². The molecule has 0 radical (unpaired) electrons. The van der Waals surface area contributed by atoms with Crippen molar-refractivity contribution in [1.82, 2.24) is 10.3 Å². The van der Waals surface area contributed by atoms with Crippen LogP contribution in [0, 0.1) is 6.92 Å². The zero-order chi connectivity index (χ0) is 16.9. The summed E-state index contributed by atoms with van der Waals surface area (Å²) in [4.78, 5) is 27.6. The highest BCUT2D eigenvalue weighted by atomic mass is 32.1. The lowest BCUT2D eigenvalue weighted by atomic mass is 10.1. The standard InChI is InChI=1S/C19H20N2O2S/c1-13-11-15-12-14(4-6-17(15)21-19(13)23)8-9-20-18(22)7-5-16-3-2-10-24-16/h2-4,6,10-12H,5,7-9H2,1H3,(H,20,22)(H,21,23). The lowest BCUT2D eigenvalue weighted by Crippen LogP contribution is -2.25. The number of aromatic nitrogens is 1. The molecule has 0 aliphatic carbocycles. The normalized spacial score (nSPS) is 10.9. The molecular weight excluding hydrogens is 320 g/mol. The van der Waals surface area contributed by atoms with Crippen LogP contribution in [-0.2, 0) is 17.6 Å². The van der Waals surface area contributed by atoms with Crippen LogP contribution < -0.4 is 10.9 Å². The Morgan fingerprint density at radius 1 is 1.21 bits per heavy atom. The van der Waals surface area contributed by atoms with Crippen LogP contribution >= 0.6 is 11.3 Å². The van der Waals surface area contributed by atoms with Crippen molar-refractivity contribution in [3.63, 3.8) is 0 Å². The molecule has 0 aliphatic rings. The predicted molar refractivity (Wildman–Crippen MR) is 98.7 cm³/mol. The number of thiophene rings is 1. The van der Waals surface area contributed by atoms with E-state index in [-0.39, 0.29) is 11.5 Å². The van der Waals surface area contributed by atoms with E-state index in [0.29, 0.717) is 18.5 Å². The minimum atomic E-state index is -0.0479. The van der Waals surface area contributed by atoms with E-state index < -0.39 is 0 Å². The van der Waals surface area contributed by atoms with Crippen LogP contribution in [0.3, 0.4) is 0 Å². The van der Waals surface area contributed by atoms with Crippen molar-refractivity contribution >= 4 is 28.1 Å². The van der Waals surface area contributed by atoms with Crippen LogP contribution in [0.1, 0.15) is 22.4 Å². The van der Waals surface area contributed by atoms with Crippen LogP contribution in [0.2, 0.25) is 0 Å². The molecule has 0 bridgehead atoms. The number of aromatic amines is 1. The minimum absolute atomic E-state index is 0.0479. The fourth-order valence-electron chi connectivity index (χ4n) is 2.65. The smallest absolute Gasteiger partial charge is 0.251 e. The molecule has 2 aromatic heterocycles. The van der Waals surface area contributed by atoms with Gasteiger partial charge < -0.3 is 10.3 Å². The molecule has 0 fully saturated rings. The number of benzene rings is 1. The summed E-state index contributed by atoms with van der Waals surface area (Å²) < 4.78 is 0. The topological polar surface area (TPSA) is 62.0 Å². The Morgan fingerprint density at radius 2 is 2.08 bits per heavy atom. The second kappa shape index (κ2) is 7.45. The summed E-state index contributed by atoms with van der Waals surface area (Å²) >= 11 is 1.68. The van der Waals surface area contributed by atoms with Gasteiger partial charge in [-0.25, -0.2) is 0 Å². The molecule has 4 nitrogen and oxygen atoms in total. The van der Waals surface area contributed by atoms with Gasteiger partial charge in [0.05, 0.1) is 0 Å². The average molecular weight is 340 g/mol. The van der Waals surface area contributed by atoms with Crippen LogP contribution in [0.4, 0.5) is 0 Å². The number of nitrogens with one attached hydrogen (secondary N) is 2. The highest BCUT2D eigenvalue weighted by molar-refractivity contribution is 7.09. The van der Waals surface area contributed by atoms with E-state index in [1.807, 2.05) is 29.6 Å². The molecule has 3 aromatic rings. The number of carbonyl (C=O) groups is 1. The number of H-pyrrole nitrogens is 1. The average Bonchev–Trinajstić information content (AvgIpc) is 3.08. The lowest BCUT2D eigenvalue weighted by Gasteiger charge is -2.07. The van der Waals surface area contributed by atoms with E-state index in [1.54, 1.807) is 18.3 Å². The summed E-state index contributed by atoms with van der Waals surface area (Å²) in [5, 5.41) is 6.02. The van der Waals surface area contributed by atoms with E-state index in [1.165, 1.54) is 4.88 Å². The highest BCUT2D eigenvalue weighted by Crippen LogP contribution is 2.14. The fraction of sp³-hybridized carbons (Fsp3) is 0.263. The maximum atomic E-state index is 11.9. The molecule has 0 atom stereocenters. The summed E-state index contributed by atoms with van der Waals surface area (Å²) in [6.45, 7) is 2.43. The first-order valence-electron chi connectivity index (χ1n) is 8.03. The van der Waals surface area contributed by atoms with Crippen LogP contribution in [-0.4, -0.2) is 17.4 Å². The van der Waals surface area contributed by atoms with E-state index in [9.17, 15) is 9.59 Å². The third kappa shape index (κ3) is 4.11. The molecule has 1 aromatic carbocycles. The van der Waals surface area contributed by atoms with Crippen LogP contribution in [0.25, 0.3) is 10.9 Å². The molecular formula is C19H20N2O2S. The monoisotopic (exact) mass is 340 g/mol. The molecule has 24 heavy (non-hydrogen) atoms. The molecule has 0 spiro atoms. The first-order chi connectivity index (χ1) is 11.6. The number of aryl methyl sites for hydroxylation is 2. The van der Waals surface area contributed by atoms with E-state index in [2.05, 4.69) is 22.4 Å². The molecule has 1 amide bonds. The molecule has 0 unspecified atom stereocenters. The van der Waals surface area contributed by atoms with Gasteiger partial charge in [-0.3, -0.25) is 9.59 Å². The van der Waals surface area contributed by atoms with E-state index in [4.69, 9.17) is 0 Å². The van der Waals surface area contributed by atoms with Crippen molar-refractivity contribution in [1.29, 1.82) is 0 Å². The SMILES string of the molecule is Cc1cc2cc(CCNC(=O)CCc3cccs3)ccc2[nH]c1=O.